The molecule has 0 aromatic heterocycles. The third-order valence-corrected chi connectivity index (χ3v) is 0.994. The maximum Gasteiger partial charge on any atom is 0.303 e. The van der Waals surface area contributed by atoms with E-state index in [1.54, 1.807) is 0 Å². The number of hydrogen-bond donors (Lipinski definition) is 1. The van der Waals surface area contributed by atoms with Gasteiger partial charge in [0.25, 0.3) is 0 Å². The van der Waals surface area contributed by atoms with Crippen LogP contribution in [0.4, 0.5) is 0 Å². The van der Waals surface area contributed by atoms with Crippen LogP contribution >= 0.6 is 0 Å². The maximum atomic E-state index is 9.87. The second-order valence-corrected chi connectivity index (χ2v) is 1.85. The Morgan fingerprint density at radius 3 is 2.33 bits per heavy atom. The molecule has 0 amide bonds. The summed E-state index contributed by atoms with van der Waals surface area (Å²) in [4.78, 5) is 9.87. The molecule has 9 heavy (non-hydrogen) atoms. The molecule has 1 N–H and O–H groups in total. The zero-order valence-corrected chi connectivity index (χ0v) is 6.24. The molecule has 0 aromatic carbocycles. The van der Waals surface area contributed by atoms with Crippen molar-refractivity contribution in [2.24, 2.45) is 0 Å². The van der Waals surface area contributed by atoms with Crippen molar-refractivity contribution in [1.29, 1.82) is 0 Å². The van der Waals surface area contributed by atoms with Gasteiger partial charge in [0.1, 0.15) is 0 Å². The Morgan fingerprint density at radius 2 is 2.00 bits per heavy atom. The van der Waals surface area contributed by atoms with Gasteiger partial charge in [-0.1, -0.05) is 19.8 Å². The summed E-state index contributed by atoms with van der Waals surface area (Å²) < 4.78 is 0. The Kier molecular flexibility index (Phi) is 12.0. The van der Waals surface area contributed by atoms with Crippen LogP contribution in [-0.2, 0) is 4.79 Å². The number of carbonyl (C=O) groups is 1. The summed E-state index contributed by atoms with van der Waals surface area (Å²) in [5.74, 6) is -0.682. The molecule has 0 saturated heterocycles. The molecule has 0 radical (unpaired) electrons. The van der Waals surface area contributed by atoms with Crippen LogP contribution in [0, 0.1) is 37.7 Å². The van der Waals surface area contributed by atoms with Crippen LogP contribution in [0.25, 0.3) is 0 Å². The average molecular weight is 156 g/mol. The fourth-order valence-electron chi connectivity index (χ4n) is 0.526. The van der Waals surface area contributed by atoms with Crippen molar-refractivity contribution < 1.29 is 47.6 Å². The molecule has 56 valence electrons. The van der Waals surface area contributed by atoms with Crippen molar-refractivity contribution in [3.05, 3.63) is 0 Å². The molecule has 2 nitrogen and oxygen atoms in total. The number of rotatable bonds is 4. The number of hydrogen-bond acceptors (Lipinski definition) is 1. The van der Waals surface area contributed by atoms with Crippen molar-refractivity contribution in [1.82, 2.24) is 0 Å². The third-order valence-electron chi connectivity index (χ3n) is 0.994. The van der Waals surface area contributed by atoms with Gasteiger partial charge in [0.2, 0.25) is 0 Å². The Balaban J connectivity index is 0. The molecule has 0 saturated carbocycles. The van der Waals surface area contributed by atoms with E-state index in [0.29, 0.717) is 6.42 Å². The van der Waals surface area contributed by atoms with E-state index in [1.165, 1.54) is 0 Å². The number of aliphatic carboxylic acids is 1. The monoisotopic (exact) mass is 156 g/mol. The van der Waals surface area contributed by atoms with E-state index in [9.17, 15) is 4.79 Å². The van der Waals surface area contributed by atoms with E-state index < -0.39 is 5.97 Å². The minimum absolute atomic E-state index is 0. The zero-order valence-electron chi connectivity index (χ0n) is 5.54. The van der Waals surface area contributed by atoms with Gasteiger partial charge in [0.15, 0.2) is 0 Å². The SMILES string of the molecule is CCCCCC(=O)O.[Ar]. The molecular weight excluding hydrogens is 144 g/mol. The van der Waals surface area contributed by atoms with Crippen molar-refractivity contribution >= 4 is 5.97 Å². The zero-order chi connectivity index (χ0) is 6.41. The first-order chi connectivity index (χ1) is 3.77. The predicted octanol–water partition coefficient (Wildman–Crippen LogP) is 1.65. The Morgan fingerprint density at radius 1 is 1.44 bits per heavy atom. The van der Waals surface area contributed by atoms with Gasteiger partial charge < -0.3 is 5.11 Å². The van der Waals surface area contributed by atoms with Crippen LogP contribution in [-0.4, -0.2) is 11.1 Å². The first-order valence-electron chi connectivity index (χ1n) is 2.99. The first-order valence-corrected chi connectivity index (χ1v) is 2.99. The van der Waals surface area contributed by atoms with Crippen LogP contribution in [0.15, 0.2) is 0 Å². The quantitative estimate of drug-likeness (QED) is 0.628. The molecule has 0 aliphatic rings. The Bertz CT molecular complexity index is 73.5. The molecule has 0 atom stereocenters. The summed E-state index contributed by atoms with van der Waals surface area (Å²) in [6.45, 7) is 2.06. The molecule has 0 spiro atoms. The molecule has 0 heterocycles. The predicted molar refractivity (Wildman–Crippen MR) is 31.8 cm³/mol. The van der Waals surface area contributed by atoms with Gasteiger partial charge in [-0.3, -0.25) is 4.79 Å². The molecule has 3 heteroatoms. The van der Waals surface area contributed by atoms with Gasteiger partial charge in [0, 0.05) is 44.2 Å². The fraction of sp³-hybridized carbons (Fsp3) is 0.833. The largest absolute Gasteiger partial charge is 0.481 e. The van der Waals surface area contributed by atoms with Crippen LogP contribution in [0.2, 0.25) is 0 Å². The van der Waals surface area contributed by atoms with Crippen LogP contribution in [0.5, 0.6) is 0 Å². The maximum absolute atomic E-state index is 9.87. The topological polar surface area (TPSA) is 37.3 Å². The van der Waals surface area contributed by atoms with E-state index in [4.69, 9.17) is 5.11 Å². The van der Waals surface area contributed by atoms with E-state index >= 15 is 0 Å². The van der Waals surface area contributed by atoms with Crippen molar-refractivity contribution in [2.45, 2.75) is 32.6 Å². The standard InChI is InChI=1S/C6H12O2.Ar/c1-2-3-4-5-6(7)8;/h2-5H2,1H3,(H,7,8);. The first kappa shape index (κ1) is 12.4. The number of carboxylic acid groups (broad SMARTS) is 1. The molecular formula is C6H12ArO2. The molecule has 0 bridgehead atoms. The summed E-state index contributed by atoms with van der Waals surface area (Å²) >= 11 is 0. The van der Waals surface area contributed by atoms with E-state index in [1.807, 2.05) is 0 Å². The second kappa shape index (κ2) is 8.73. The van der Waals surface area contributed by atoms with Gasteiger partial charge in [0.05, 0.1) is 0 Å². The van der Waals surface area contributed by atoms with Crippen molar-refractivity contribution in [3.63, 3.8) is 0 Å². The van der Waals surface area contributed by atoms with Crippen LogP contribution < -0.4 is 0 Å². The van der Waals surface area contributed by atoms with Crippen molar-refractivity contribution in [3.8, 4) is 0 Å². The summed E-state index contributed by atoms with van der Waals surface area (Å²) in [7, 11) is 0. The summed E-state index contributed by atoms with van der Waals surface area (Å²) in [5, 5.41) is 8.14. The van der Waals surface area contributed by atoms with Gasteiger partial charge in [-0.05, 0) is 6.42 Å². The Labute approximate surface area is 85.6 Å². The summed E-state index contributed by atoms with van der Waals surface area (Å²) in [6.07, 6.45) is 3.28. The van der Waals surface area contributed by atoms with E-state index in [2.05, 4.69) is 6.92 Å². The smallest absolute Gasteiger partial charge is 0.303 e. The molecule has 0 aliphatic carbocycles. The fourth-order valence-corrected chi connectivity index (χ4v) is 0.526. The van der Waals surface area contributed by atoms with E-state index in [-0.39, 0.29) is 37.7 Å². The van der Waals surface area contributed by atoms with Crippen molar-refractivity contribution in [2.75, 3.05) is 0 Å². The minimum atomic E-state index is -0.682. The minimum Gasteiger partial charge on any atom is -0.481 e. The average Bonchev–Trinajstić information content (AvgIpc) is 1.66. The molecule has 0 aromatic rings. The Hall–Kier alpha value is 0.730. The molecule has 0 unspecified atom stereocenters. The van der Waals surface area contributed by atoms with Gasteiger partial charge in [-0.2, -0.15) is 0 Å². The summed E-state index contributed by atoms with van der Waals surface area (Å²) in [6, 6.07) is 0. The molecule has 0 aliphatic heterocycles. The van der Waals surface area contributed by atoms with Crippen LogP contribution in [0.1, 0.15) is 32.6 Å². The number of carboxylic acids is 1. The normalized spacial score (nSPS) is 8.11. The third kappa shape index (κ3) is 12.0. The van der Waals surface area contributed by atoms with Gasteiger partial charge >= 0.3 is 5.97 Å². The van der Waals surface area contributed by atoms with Crippen LogP contribution in [0.3, 0.4) is 0 Å². The van der Waals surface area contributed by atoms with Gasteiger partial charge in [-0.25, -0.2) is 0 Å². The van der Waals surface area contributed by atoms with Gasteiger partial charge in [-0.15, -0.1) is 0 Å². The molecule has 0 fully saturated rings. The van der Waals surface area contributed by atoms with E-state index in [0.717, 1.165) is 19.3 Å². The summed E-state index contributed by atoms with van der Waals surface area (Å²) in [5.41, 5.74) is 0. The molecule has 0 rings (SSSR count). The number of unbranched alkanes of at least 4 members (excludes halogenated alkanes) is 2. The second-order valence-electron chi connectivity index (χ2n) is 1.85.